The fourth-order valence-electron chi connectivity index (χ4n) is 3.43. The summed E-state index contributed by atoms with van der Waals surface area (Å²) < 4.78 is 28.4. The number of nitrogens with zero attached hydrogens (tertiary/aromatic N) is 1. The predicted octanol–water partition coefficient (Wildman–Crippen LogP) is 5.24. The minimum atomic E-state index is -3.87. The van der Waals surface area contributed by atoms with Crippen LogP contribution < -0.4 is 4.31 Å². The first kappa shape index (κ1) is 20.6. The van der Waals surface area contributed by atoms with Crippen LogP contribution in [0, 0.1) is 6.92 Å². The van der Waals surface area contributed by atoms with E-state index >= 15 is 0 Å². The number of fused-ring (bicyclic) bond motifs is 1. The van der Waals surface area contributed by atoms with Crippen LogP contribution in [0.1, 0.15) is 21.5 Å². The summed E-state index contributed by atoms with van der Waals surface area (Å²) in [4.78, 5) is 11.4. The Labute approximate surface area is 181 Å². The second-order valence-electron chi connectivity index (χ2n) is 7.36. The van der Waals surface area contributed by atoms with Gasteiger partial charge in [-0.05, 0) is 65.7 Å². The Bertz CT molecular complexity index is 1340. The van der Waals surface area contributed by atoms with Gasteiger partial charge in [0.15, 0.2) is 0 Å². The summed E-state index contributed by atoms with van der Waals surface area (Å²) >= 11 is 0. The fourth-order valence-corrected chi connectivity index (χ4v) is 4.88. The molecular formula is C25H21NO4S. The molecule has 0 heterocycles. The van der Waals surface area contributed by atoms with Crippen molar-refractivity contribution in [2.45, 2.75) is 18.4 Å². The van der Waals surface area contributed by atoms with Gasteiger partial charge in [-0.2, -0.15) is 0 Å². The van der Waals surface area contributed by atoms with Gasteiger partial charge in [0, 0.05) is 0 Å². The van der Waals surface area contributed by atoms with Gasteiger partial charge in [0.1, 0.15) is 0 Å². The Morgan fingerprint density at radius 1 is 0.839 bits per heavy atom. The van der Waals surface area contributed by atoms with Crippen LogP contribution >= 0.6 is 0 Å². The van der Waals surface area contributed by atoms with E-state index in [9.17, 15) is 18.3 Å². The Morgan fingerprint density at radius 2 is 1.48 bits per heavy atom. The third-order valence-electron chi connectivity index (χ3n) is 5.15. The molecule has 0 aliphatic carbocycles. The molecule has 5 nitrogen and oxygen atoms in total. The first-order chi connectivity index (χ1) is 14.8. The molecule has 0 aliphatic heterocycles. The molecule has 0 saturated heterocycles. The van der Waals surface area contributed by atoms with Gasteiger partial charge in [0.05, 0.1) is 22.7 Å². The average molecular weight is 432 g/mol. The number of aromatic carboxylic acids is 1. The molecule has 0 bridgehead atoms. The highest BCUT2D eigenvalue weighted by atomic mass is 32.2. The summed E-state index contributed by atoms with van der Waals surface area (Å²) in [5.41, 5.74) is 2.29. The largest absolute Gasteiger partial charge is 0.478 e. The highest BCUT2D eigenvalue weighted by Gasteiger charge is 2.25. The van der Waals surface area contributed by atoms with Crippen LogP contribution in [0.3, 0.4) is 0 Å². The molecule has 0 atom stereocenters. The van der Waals surface area contributed by atoms with Crippen LogP contribution in [0.4, 0.5) is 5.69 Å². The van der Waals surface area contributed by atoms with Crippen LogP contribution in [0.2, 0.25) is 0 Å². The highest BCUT2D eigenvalue weighted by Crippen LogP contribution is 2.28. The molecule has 0 aliphatic rings. The molecule has 0 saturated carbocycles. The normalized spacial score (nSPS) is 11.4. The zero-order valence-corrected chi connectivity index (χ0v) is 17.7. The Balaban J connectivity index is 1.79. The second kappa shape index (κ2) is 8.24. The van der Waals surface area contributed by atoms with Crippen molar-refractivity contribution in [3.05, 3.63) is 108 Å². The summed E-state index contributed by atoms with van der Waals surface area (Å²) in [5, 5.41) is 11.3. The van der Waals surface area contributed by atoms with Crippen LogP contribution in [0.25, 0.3) is 10.8 Å². The van der Waals surface area contributed by atoms with E-state index in [0.29, 0.717) is 5.69 Å². The number of anilines is 1. The fraction of sp³-hybridized carbons (Fsp3) is 0.0800. The molecule has 4 rings (SSSR count). The third-order valence-corrected chi connectivity index (χ3v) is 6.94. The van der Waals surface area contributed by atoms with Crippen LogP contribution in [0.5, 0.6) is 0 Å². The van der Waals surface area contributed by atoms with E-state index in [1.54, 1.807) is 24.3 Å². The molecule has 6 heteroatoms. The van der Waals surface area contributed by atoms with Gasteiger partial charge >= 0.3 is 5.97 Å². The summed E-state index contributed by atoms with van der Waals surface area (Å²) in [6, 6.07) is 26.3. The maximum atomic E-state index is 13.5. The first-order valence-electron chi connectivity index (χ1n) is 9.75. The number of benzene rings is 4. The zero-order chi connectivity index (χ0) is 22.0. The predicted molar refractivity (Wildman–Crippen MR) is 122 cm³/mol. The summed E-state index contributed by atoms with van der Waals surface area (Å²) in [7, 11) is -3.87. The monoisotopic (exact) mass is 431 g/mol. The van der Waals surface area contributed by atoms with E-state index in [2.05, 4.69) is 0 Å². The molecular weight excluding hydrogens is 410 g/mol. The van der Waals surface area contributed by atoms with Crippen molar-refractivity contribution in [2.75, 3.05) is 4.31 Å². The molecule has 0 unspecified atom stereocenters. The summed E-state index contributed by atoms with van der Waals surface area (Å²) in [6.07, 6.45) is 0. The molecule has 156 valence electrons. The minimum Gasteiger partial charge on any atom is -0.478 e. The molecule has 0 spiro atoms. The van der Waals surface area contributed by atoms with Crippen molar-refractivity contribution in [3.8, 4) is 0 Å². The molecule has 0 radical (unpaired) electrons. The lowest BCUT2D eigenvalue weighted by molar-refractivity contribution is 0.0697. The van der Waals surface area contributed by atoms with Crippen LogP contribution in [0.15, 0.2) is 95.9 Å². The van der Waals surface area contributed by atoms with Crippen molar-refractivity contribution in [2.24, 2.45) is 0 Å². The number of carbonyl (C=O) groups is 1. The second-order valence-corrected chi connectivity index (χ2v) is 9.22. The lowest BCUT2D eigenvalue weighted by Crippen LogP contribution is -2.30. The van der Waals surface area contributed by atoms with Gasteiger partial charge in [-0.25, -0.2) is 13.2 Å². The Kier molecular flexibility index (Phi) is 5.48. The molecule has 0 fully saturated rings. The maximum Gasteiger partial charge on any atom is 0.335 e. The van der Waals surface area contributed by atoms with E-state index in [1.165, 1.54) is 28.6 Å². The molecule has 0 aromatic heterocycles. The standard InChI is InChI=1S/C25H21NO4S/c1-18-6-14-24(15-7-18)31(29,30)26(23-12-10-21(11-13-23)25(27)28)17-19-8-9-20-4-2-3-5-22(20)16-19/h2-16H,17H2,1H3,(H,27,28). The lowest BCUT2D eigenvalue weighted by atomic mass is 10.1. The number of carboxylic acids is 1. The van der Waals surface area contributed by atoms with Gasteiger partial charge in [0.2, 0.25) is 0 Å². The van der Waals surface area contributed by atoms with Crippen molar-refractivity contribution in [1.82, 2.24) is 0 Å². The van der Waals surface area contributed by atoms with Gasteiger partial charge < -0.3 is 5.11 Å². The number of hydrogen-bond donors (Lipinski definition) is 1. The molecule has 4 aromatic rings. The number of hydrogen-bond acceptors (Lipinski definition) is 3. The number of sulfonamides is 1. The van der Waals surface area contributed by atoms with Crippen molar-refractivity contribution in [1.29, 1.82) is 0 Å². The smallest absolute Gasteiger partial charge is 0.335 e. The van der Waals surface area contributed by atoms with E-state index in [1.807, 2.05) is 49.4 Å². The van der Waals surface area contributed by atoms with Gasteiger partial charge in [-0.1, -0.05) is 54.1 Å². The Morgan fingerprint density at radius 3 is 2.13 bits per heavy atom. The van der Waals surface area contributed by atoms with Gasteiger partial charge in [0.25, 0.3) is 10.0 Å². The lowest BCUT2D eigenvalue weighted by Gasteiger charge is -2.25. The van der Waals surface area contributed by atoms with Crippen LogP contribution in [-0.4, -0.2) is 19.5 Å². The van der Waals surface area contributed by atoms with Crippen molar-refractivity contribution >= 4 is 32.5 Å². The quantitative estimate of drug-likeness (QED) is 0.453. The first-order valence-corrected chi connectivity index (χ1v) is 11.2. The average Bonchev–Trinajstić information content (AvgIpc) is 2.77. The number of carboxylic acid groups (broad SMARTS) is 1. The Hall–Kier alpha value is -3.64. The van der Waals surface area contributed by atoms with E-state index < -0.39 is 16.0 Å². The van der Waals surface area contributed by atoms with E-state index in [0.717, 1.165) is 21.9 Å². The highest BCUT2D eigenvalue weighted by molar-refractivity contribution is 7.92. The van der Waals surface area contributed by atoms with Crippen LogP contribution in [-0.2, 0) is 16.6 Å². The number of rotatable bonds is 6. The molecule has 4 aromatic carbocycles. The van der Waals surface area contributed by atoms with Gasteiger partial charge in [-0.3, -0.25) is 4.31 Å². The summed E-state index contributed by atoms with van der Waals surface area (Å²) in [5.74, 6) is -1.06. The van der Waals surface area contributed by atoms with Crippen molar-refractivity contribution in [3.63, 3.8) is 0 Å². The number of aryl methyl sites for hydroxylation is 1. The zero-order valence-electron chi connectivity index (χ0n) is 16.9. The SMILES string of the molecule is Cc1ccc(S(=O)(=O)N(Cc2ccc3ccccc3c2)c2ccc(C(=O)O)cc2)cc1. The molecule has 0 amide bonds. The maximum absolute atomic E-state index is 13.5. The van der Waals surface area contributed by atoms with E-state index in [-0.39, 0.29) is 17.0 Å². The topological polar surface area (TPSA) is 74.7 Å². The minimum absolute atomic E-state index is 0.0992. The van der Waals surface area contributed by atoms with Gasteiger partial charge in [-0.15, -0.1) is 0 Å². The third kappa shape index (κ3) is 4.29. The molecule has 31 heavy (non-hydrogen) atoms. The molecule has 1 N–H and O–H groups in total. The summed E-state index contributed by atoms with van der Waals surface area (Å²) in [6.45, 7) is 2.02. The van der Waals surface area contributed by atoms with Crippen molar-refractivity contribution < 1.29 is 18.3 Å². The van der Waals surface area contributed by atoms with E-state index in [4.69, 9.17) is 0 Å².